The van der Waals surface area contributed by atoms with Gasteiger partial charge in [0.1, 0.15) is 5.75 Å². The number of hydrogen-bond donors (Lipinski definition) is 1. The van der Waals surface area contributed by atoms with Gasteiger partial charge in [-0.1, -0.05) is 12.1 Å². The highest BCUT2D eigenvalue weighted by Gasteiger charge is 2.24. The van der Waals surface area contributed by atoms with E-state index in [0.717, 1.165) is 11.3 Å². The predicted molar refractivity (Wildman–Crippen MR) is 121 cm³/mol. The fourth-order valence-corrected chi connectivity index (χ4v) is 3.91. The van der Waals surface area contributed by atoms with Gasteiger partial charge in [0.2, 0.25) is 18.6 Å². The summed E-state index contributed by atoms with van der Waals surface area (Å²) in [7, 11) is 1.61. The van der Waals surface area contributed by atoms with Gasteiger partial charge < -0.3 is 24.4 Å². The molecule has 2 aromatic carbocycles. The summed E-state index contributed by atoms with van der Waals surface area (Å²) in [6.45, 7) is 4.02. The van der Waals surface area contributed by atoms with E-state index in [1.807, 2.05) is 34.1 Å². The third-order valence-corrected chi connectivity index (χ3v) is 5.77. The predicted octanol–water partition coefficient (Wildman–Crippen LogP) is 1.95. The Balaban J connectivity index is 1.28. The van der Waals surface area contributed by atoms with Crippen molar-refractivity contribution >= 4 is 23.3 Å². The number of ketones is 1. The standard InChI is InChI=1S/C24H27N3O6/c1-16(28)19-12-21-22(33-15-32-21)13-20(19)25-23(29)14-26-7-9-27(10-8-26)24(30)11-17-3-5-18(31-2)6-4-17/h3-6,12-13H,7-11,14-15H2,1-2H3,(H,25,29). The zero-order valence-electron chi connectivity index (χ0n) is 18.8. The minimum Gasteiger partial charge on any atom is -0.497 e. The van der Waals surface area contributed by atoms with Crippen molar-refractivity contribution in [3.63, 3.8) is 0 Å². The van der Waals surface area contributed by atoms with Crippen molar-refractivity contribution in [2.24, 2.45) is 0 Å². The lowest BCUT2D eigenvalue weighted by molar-refractivity contribution is -0.132. The molecule has 174 valence electrons. The third-order valence-electron chi connectivity index (χ3n) is 5.77. The molecule has 1 N–H and O–H groups in total. The maximum Gasteiger partial charge on any atom is 0.238 e. The number of Topliss-reactive ketones (excluding diaryl/α,β-unsaturated/α-hetero) is 1. The van der Waals surface area contributed by atoms with Gasteiger partial charge >= 0.3 is 0 Å². The van der Waals surface area contributed by atoms with E-state index < -0.39 is 0 Å². The molecule has 2 aliphatic heterocycles. The highest BCUT2D eigenvalue weighted by atomic mass is 16.7. The summed E-state index contributed by atoms with van der Waals surface area (Å²) in [4.78, 5) is 41.1. The Hall–Kier alpha value is -3.59. The number of ether oxygens (including phenoxy) is 3. The molecule has 0 bridgehead atoms. The molecule has 0 atom stereocenters. The number of amides is 2. The Morgan fingerprint density at radius 2 is 1.67 bits per heavy atom. The van der Waals surface area contributed by atoms with E-state index in [1.165, 1.54) is 6.92 Å². The van der Waals surface area contributed by atoms with Gasteiger partial charge in [-0.3, -0.25) is 19.3 Å². The lowest BCUT2D eigenvalue weighted by atomic mass is 10.1. The first-order valence-electron chi connectivity index (χ1n) is 10.8. The zero-order valence-corrected chi connectivity index (χ0v) is 18.8. The first-order chi connectivity index (χ1) is 15.9. The van der Waals surface area contributed by atoms with Gasteiger partial charge in [-0.15, -0.1) is 0 Å². The SMILES string of the molecule is COc1ccc(CC(=O)N2CCN(CC(=O)Nc3cc4c(cc3C(C)=O)OCO4)CC2)cc1. The van der Waals surface area contributed by atoms with Gasteiger partial charge in [0.15, 0.2) is 17.3 Å². The molecule has 0 radical (unpaired) electrons. The second-order valence-electron chi connectivity index (χ2n) is 8.04. The van der Waals surface area contributed by atoms with E-state index in [4.69, 9.17) is 14.2 Å². The first kappa shape index (κ1) is 22.6. The Labute approximate surface area is 192 Å². The molecule has 1 saturated heterocycles. The molecule has 0 saturated carbocycles. The molecule has 1 fully saturated rings. The molecule has 4 rings (SSSR count). The molecule has 2 heterocycles. The number of carbonyl (C=O) groups is 3. The molecular formula is C24H27N3O6. The maximum atomic E-state index is 12.6. The van der Waals surface area contributed by atoms with Gasteiger partial charge in [-0.05, 0) is 30.7 Å². The van der Waals surface area contributed by atoms with Crippen LogP contribution < -0.4 is 19.5 Å². The van der Waals surface area contributed by atoms with Gasteiger partial charge in [0.05, 0.1) is 25.8 Å². The van der Waals surface area contributed by atoms with Crippen LogP contribution in [0.25, 0.3) is 0 Å². The number of anilines is 1. The van der Waals surface area contributed by atoms with Gasteiger partial charge in [0.25, 0.3) is 0 Å². The summed E-state index contributed by atoms with van der Waals surface area (Å²) < 4.78 is 15.8. The van der Waals surface area contributed by atoms with Crippen LogP contribution in [0.15, 0.2) is 36.4 Å². The zero-order chi connectivity index (χ0) is 23.4. The average molecular weight is 453 g/mol. The fraction of sp³-hybridized carbons (Fsp3) is 0.375. The van der Waals surface area contributed by atoms with Crippen LogP contribution in [0.4, 0.5) is 5.69 Å². The van der Waals surface area contributed by atoms with E-state index in [2.05, 4.69) is 5.32 Å². The smallest absolute Gasteiger partial charge is 0.238 e. The minimum atomic E-state index is -0.227. The van der Waals surface area contributed by atoms with Gasteiger partial charge in [-0.2, -0.15) is 0 Å². The van der Waals surface area contributed by atoms with Crippen LogP contribution in [0.2, 0.25) is 0 Å². The molecule has 0 unspecified atom stereocenters. The Bertz CT molecular complexity index is 1040. The number of nitrogens with one attached hydrogen (secondary N) is 1. The molecular weight excluding hydrogens is 426 g/mol. The second kappa shape index (κ2) is 9.91. The third kappa shape index (κ3) is 5.43. The first-order valence-corrected chi connectivity index (χ1v) is 10.8. The van der Waals surface area contributed by atoms with E-state index in [-0.39, 0.29) is 30.9 Å². The van der Waals surface area contributed by atoms with Crippen molar-refractivity contribution in [1.29, 1.82) is 0 Å². The van der Waals surface area contributed by atoms with Crippen LogP contribution in [0.5, 0.6) is 17.2 Å². The van der Waals surface area contributed by atoms with E-state index >= 15 is 0 Å². The second-order valence-corrected chi connectivity index (χ2v) is 8.04. The number of carbonyl (C=O) groups excluding carboxylic acids is 3. The minimum absolute atomic E-state index is 0.0655. The van der Waals surface area contributed by atoms with Crippen molar-refractivity contribution in [1.82, 2.24) is 9.80 Å². The van der Waals surface area contributed by atoms with Crippen LogP contribution in [0.1, 0.15) is 22.8 Å². The van der Waals surface area contributed by atoms with Crippen LogP contribution in [-0.4, -0.2) is 74.0 Å². The van der Waals surface area contributed by atoms with E-state index in [1.54, 1.807) is 19.2 Å². The number of hydrogen-bond acceptors (Lipinski definition) is 7. The monoisotopic (exact) mass is 453 g/mol. The largest absolute Gasteiger partial charge is 0.497 e. The fourth-order valence-electron chi connectivity index (χ4n) is 3.91. The summed E-state index contributed by atoms with van der Waals surface area (Å²) >= 11 is 0. The van der Waals surface area contributed by atoms with Crippen LogP contribution in [0.3, 0.4) is 0 Å². The summed E-state index contributed by atoms with van der Waals surface area (Å²) in [6, 6.07) is 10.7. The Morgan fingerprint density at radius 1 is 1.00 bits per heavy atom. The van der Waals surface area contributed by atoms with Crippen molar-refractivity contribution in [2.45, 2.75) is 13.3 Å². The Morgan fingerprint density at radius 3 is 2.30 bits per heavy atom. The summed E-state index contributed by atoms with van der Waals surface area (Å²) in [5.74, 6) is 1.42. The summed E-state index contributed by atoms with van der Waals surface area (Å²) in [5, 5.41) is 2.82. The highest BCUT2D eigenvalue weighted by molar-refractivity contribution is 6.05. The summed E-state index contributed by atoms with van der Waals surface area (Å²) in [6.07, 6.45) is 0.336. The number of fused-ring (bicyclic) bond motifs is 1. The Kier molecular flexibility index (Phi) is 6.79. The van der Waals surface area contributed by atoms with E-state index in [9.17, 15) is 14.4 Å². The molecule has 2 amide bonds. The van der Waals surface area contributed by atoms with Gasteiger partial charge in [-0.25, -0.2) is 0 Å². The topological polar surface area (TPSA) is 97.4 Å². The lowest BCUT2D eigenvalue weighted by Gasteiger charge is -2.34. The van der Waals surface area contributed by atoms with E-state index in [0.29, 0.717) is 55.3 Å². The molecule has 9 heteroatoms. The average Bonchev–Trinajstić information content (AvgIpc) is 3.27. The quantitative estimate of drug-likeness (QED) is 0.640. The van der Waals surface area contributed by atoms with Crippen LogP contribution in [-0.2, 0) is 16.0 Å². The molecule has 33 heavy (non-hydrogen) atoms. The molecule has 2 aromatic rings. The van der Waals surface area contributed by atoms with Crippen molar-refractivity contribution in [2.75, 3.05) is 51.9 Å². The molecule has 9 nitrogen and oxygen atoms in total. The summed E-state index contributed by atoms with van der Waals surface area (Å²) in [5.41, 5.74) is 1.72. The molecule has 0 spiro atoms. The van der Waals surface area contributed by atoms with Crippen LogP contribution in [0, 0.1) is 0 Å². The number of nitrogens with zero attached hydrogens (tertiary/aromatic N) is 2. The highest BCUT2D eigenvalue weighted by Crippen LogP contribution is 2.37. The molecule has 0 aliphatic carbocycles. The number of piperazine rings is 1. The van der Waals surface area contributed by atoms with Crippen molar-refractivity contribution < 1.29 is 28.6 Å². The normalized spacial score (nSPS) is 15.3. The van der Waals surface area contributed by atoms with Crippen molar-refractivity contribution in [3.05, 3.63) is 47.5 Å². The van der Waals surface area contributed by atoms with Crippen LogP contribution >= 0.6 is 0 Å². The van der Waals surface area contributed by atoms with Crippen molar-refractivity contribution in [3.8, 4) is 17.2 Å². The molecule has 0 aromatic heterocycles. The molecule has 2 aliphatic rings. The number of benzene rings is 2. The number of rotatable bonds is 7. The number of methoxy groups -OCH3 is 1. The lowest BCUT2D eigenvalue weighted by Crippen LogP contribution is -2.50. The van der Waals surface area contributed by atoms with Gasteiger partial charge in [0, 0.05) is 37.8 Å². The maximum absolute atomic E-state index is 12.6.